The van der Waals surface area contributed by atoms with Gasteiger partial charge in [0.05, 0.1) is 11.6 Å². The van der Waals surface area contributed by atoms with Crippen LogP contribution >= 0.6 is 0 Å². The van der Waals surface area contributed by atoms with Crippen LogP contribution in [0.2, 0.25) is 0 Å². The fraction of sp³-hybridized carbons (Fsp3) is 0.381. The van der Waals surface area contributed by atoms with Crippen molar-refractivity contribution >= 4 is 23.4 Å². The minimum Gasteiger partial charge on any atom is -0.465 e. The van der Waals surface area contributed by atoms with Gasteiger partial charge in [0.1, 0.15) is 6.07 Å². The summed E-state index contributed by atoms with van der Waals surface area (Å²) in [6.45, 7) is 2.05. The summed E-state index contributed by atoms with van der Waals surface area (Å²) in [5.41, 5.74) is 1.98. The monoisotopic (exact) mass is 397 g/mol. The minimum absolute atomic E-state index is 0.00207. The van der Waals surface area contributed by atoms with Crippen molar-refractivity contribution in [3.05, 3.63) is 47.3 Å². The SMILES string of the molecule is CCc1cccc(Nc2nc(N[C@@H]3CCCC[C@@H]3NC(=O)O)c(F)cc2C#N)c1. The summed E-state index contributed by atoms with van der Waals surface area (Å²) in [7, 11) is 0. The van der Waals surface area contributed by atoms with Gasteiger partial charge in [-0.25, -0.2) is 14.2 Å². The zero-order valence-corrected chi connectivity index (χ0v) is 16.2. The number of hydrogen-bond donors (Lipinski definition) is 4. The third-order valence-corrected chi connectivity index (χ3v) is 5.09. The van der Waals surface area contributed by atoms with Gasteiger partial charge in [-0.15, -0.1) is 0 Å². The molecule has 0 aliphatic heterocycles. The summed E-state index contributed by atoms with van der Waals surface area (Å²) < 4.78 is 14.6. The molecule has 1 aromatic heterocycles. The van der Waals surface area contributed by atoms with E-state index in [1.54, 1.807) is 0 Å². The van der Waals surface area contributed by atoms with Crippen molar-refractivity contribution in [1.82, 2.24) is 10.3 Å². The van der Waals surface area contributed by atoms with E-state index in [2.05, 4.69) is 20.9 Å². The Kier molecular flexibility index (Phi) is 6.50. The number of nitrogens with zero attached hydrogens (tertiary/aromatic N) is 2. The maximum atomic E-state index is 14.6. The summed E-state index contributed by atoms with van der Waals surface area (Å²) in [5.74, 6) is -0.389. The number of nitrogens with one attached hydrogen (secondary N) is 3. The van der Waals surface area contributed by atoms with E-state index in [-0.39, 0.29) is 29.3 Å². The first-order valence-electron chi connectivity index (χ1n) is 9.72. The first-order valence-corrected chi connectivity index (χ1v) is 9.72. The van der Waals surface area contributed by atoms with Gasteiger partial charge in [0, 0.05) is 11.7 Å². The molecule has 2 atom stereocenters. The third-order valence-electron chi connectivity index (χ3n) is 5.09. The van der Waals surface area contributed by atoms with E-state index in [0.29, 0.717) is 12.8 Å². The van der Waals surface area contributed by atoms with Crippen LogP contribution in [-0.4, -0.2) is 28.3 Å². The quantitative estimate of drug-likeness (QED) is 0.575. The number of pyridine rings is 1. The molecular weight excluding hydrogens is 373 g/mol. The van der Waals surface area contributed by atoms with Crippen molar-refractivity contribution in [1.29, 1.82) is 5.26 Å². The second-order valence-electron chi connectivity index (χ2n) is 7.10. The molecule has 1 saturated carbocycles. The molecule has 1 aromatic carbocycles. The van der Waals surface area contributed by atoms with E-state index in [0.717, 1.165) is 36.6 Å². The topological polar surface area (TPSA) is 110 Å². The Morgan fingerprint density at radius 2 is 2.03 bits per heavy atom. The number of benzene rings is 1. The van der Waals surface area contributed by atoms with Crippen molar-refractivity contribution in [2.75, 3.05) is 10.6 Å². The number of carboxylic acid groups (broad SMARTS) is 1. The summed E-state index contributed by atoms with van der Waals surface area (Å²) in [5, 5.41) is 27.1. The van der Waals surface area contributed by atoms with E-state index in [9.17, 15) is 14.4 Å². The molecule has 0 spiro atoms. The summed E-state index contributed by atoms with van der Waals surface area (Å²) in [6, 6.07) is 10.2. The van der Waals surface area contributed by atoms with Gasteiger partial charge >= 0.3 is 6.09 Å². The number of rotatable bonds is 6. The highest BCUT2D eigenvalue weighted by molar-refractivity contribution is 5.66. The molecule has 0 radical (unpaired) electrons. The number of aromatic nitrogens is 1. The molecular formula is C21H24FN5O2. The van der Waals surface area contributed by atoms with Crippen LogP contribution in [0.25, 0.3) is 0 Å². The van der Waals surface area contributed by atoms with Crippen molar-refractivity contribution in [2.45, 2.75) is 51.1 Å². The lowest BCUT2D eigenvalue weighted by atomic mass is 9.90. The Bertz CT molecular complexity index is 928. The van der Waals surface area contributed by atoms with Crippen LogP contribution in [0.4, 0.5) is 26.5 Å². The molecule has 1 heterocycles. The van der Waals surface area contributed by atoms with Crippen LogP contribution in [0.5, 0.6) is 0 Å². The Morgan fingerprint density at radius 3 is 2.72 bits per heavy atom. The average molecular weight is 397 g/mol. The van der Waals surface area contributed by atoms with E-state index < -0.39 is 11.9 Å². The third kappa shape index (κ3) is 5.13. The first kappa shape index (κ1) is 20.4. The van der Waals surface area contributed by atoms with Gasteiger partial charge in [0.2, 0.25) is 0 Å². The number of anilines is 3. The number of halogens is 1. The van der Waals surface area contributed by atoms with Crippen LogP contribution in [0, 0.1) is 17.1 Å². The molecule has 1 amide bonds. The van der Waals surface area contributed by atoms with Gasteiger partial charge in [-0.1, -0.05) is 31.9 Å². The van der Waals surface area contributed by atoms with Gasteiger partial charge < -0.3 is 21.1 Å². The first-order chi connectivity index (χ1) is 14.0. The molecule has 7 nitrogen and oxygen atoms in total. The number of hydrogen-bond acceptors (Lipinski definition) is 5. The van der Waals surface area contributed by atoms with E-state index in [1.165, 1.54) is 0 Å². The van der Waals surface area contributed by atoms with E-state index in [1.807, 2.05) is 37.3 Å². The Morgan fingerprint density at radius 1 is 1.28 bits per heavy atom. The Balaban J connectivity index is 1.86. The molecule has 0 unspecified atom stereocenters. The molecule has 8 heteroatoms. The highest BCUT2D eigenvalue weighted by atomic mass is 19.1. The molecule has 1 fully saturated rings. The van der Waals surface area contributed by atoms with Crippen LogP contribution in [0.3, 0.4) is 0 Å². The van der Waals surface area contributed by atoms with Crippen LogP contribution in [-0.2, 0) is 6.42 Å². The zero-order chi connectivity index (χ0) is 20.8. The second-order valence-corrected chi connectivity index (χ2v) is 7.10. The molecule has 29 heavy (non-hydrogen) atoms. The fourth-order valence-corrected chi connectivity index (χ4v) is 3.59. The number of carbonyl (C=O) groups is 1. The fourth-order valence-electron chi connectivity index (χ4n) is 3.59. The van der Waals surface area contributed by atoms with Crippen molar-refractivity contribution in [3.63, 3.8) is 0 Å². The highest BCUT2D eigenvalue weighted by Crippen LogP contribution is 2.27. The predicted molar refractivity (Wildman–Crippen MR) is 109 cm³/mol. The van der Waals surface area contributed by atoms with Gasteiger partial charge in [-0.05, 0) is 43.0 Å². The Labute approximate surface area is 169 Å². The predicted octanol–water partition coefficient (Wildman–Crippen LogP) is 4.39. The van der Waals surface area contributed by atoms with Crippen molar-refractivity contribution in [3.8, 4) is 6.07 Å². The van der Waals surface area contributed by atoms with Crippen LogP contribution in [0.15, 0.2) is 30.3 Å². The minimum atomic E-state index is -1.10. The number of amides is 1. The molecule has 4 N–H and O–H groups in total. The summed E-state index contributed by atoms with van der Waals surface area (Å²) in [4.78, 5) is 15.4. The molecule has 152 valence electrons. The molecule has 3 rings (SSSR count). The average Bonchev–Trinajstić information content (AvgIpc) is 2.71. The Hall–Kier alpha value is -3.34. The van der Waals surface area contributed by atoms with E-state index in [4.69, 9.17) is 5.11 Å². The number of nitriles is 1. The molecule has 0 saturated heterocycles. The number of aryl methyl sites for hydroxylation is 1. The highest BCUT2D eigenvalue weighted by Gasteiger charge is 2.28. The smallest absolute Gasteiger partial charge is 0.404 e. The maximum Gasteiger partial charge on any atom is 0.404 e. The van der Waals surface area contributed by atoms with E-state index >= 15 is 0 Å². The van der Waals surface area contributed by atoms with Crippen molar-refractivity contribution < 1.29 is 14.3 Å². The van der Waals surface area contributed by atoms with Gasteiger partial charge in [-0.3, -0.25) is 0 Å². The molecule has 0 bridgehead atoms. The lowest BCUT2D eigenvalue weighted by Gasteiger charge is -2.32. The standard InChI is InChI=1S/C21H24FN5O2/c1-2-13-6-5-7-15(10-13)24-19-14(12-23)11-16(22)20(27-19)25-17-8-3-4-9-18(17)26-21(28)29/h5-7,10-11,17-18,26H,2-4,8-9H2,1H3,(H,28,29)(H2,24,25,27)/t17-,18+/m1/s1. The van der Waals surface area contributed by atoms with Crippen LogP contribution < -0.4 is 16.0 Å². The lowest BCUT2D eigenvalue weighted by Crippen LogP contribution is -2.48. The molecule has 1 aliphatic rings. The summed E-state index contributed by atoms with van der Waals surface area (Å²) >= 11 is 0. The molecule has 1 aliphatic carbocycles. The van der Waals surface area contributed by atoms with Gasteiger partial charge in [0.15, 0.2) is 17.5 Å². The lowest BCUT2D eigenvalue weighted by molar-refractivity contribution is 0.184. The van der Waals surface area contributed by atoms with Crippen LogP contribution in [0.1, 0.15) is 43.7 Å². The normalized spacial score (nSPS) is 18.5. The van der Waals surface area contributed by atoms with Crippen molar-refractivity contribution in [2.24, 2.45) is 0 Å². The maximum absolute atomic E-state index is 14.6. The second kappa shape index (κ2) is 9.24. The van der Waals surface area contributed by atoms with Gasteiger partial charge in [-0.2, -0.15) is 5.26 Å². The zero-order valence-electron chi connectivity index (χ0n) is 16.2. The molecule has 2 aromatic rings. The largest absolute Gasteiger partial charge is 0.465 e. The van der Waals surface area contributed by atoms with Gasteiger partial charge in [0.25, 0.3) is 0 Å². The summed E-state index contributed by atoms with van der Waals surface area (Å²) in [6.07, 6.45) is 2.97.